The normalized spacial score (nSPS) is 36.1. The molecule has 1 aliphatic heterocycles. The molecule has 1 aromatic rings. The zero-order chi connectivity index (χ0) is 10.5. The molecular formula is C12H10N2O. The predicted octanol–water partition coefficient (Wildman–Crippen LogP) is 1.86. The van der Waals surface area contributed by atoms with Crippen molar-refractivity contribution in [2.75, 3.05) is 0 Å². The minimum atomic E-state index is -0.633. The number of rotatable bonds is 1. The van der Waals surface area contributed by atoms with E-state index in [0.717, 1.165) is 5.56 Å². The summed E-state index contributed by atoms with van der Waals surface area (Å²) >= 11 is 0. The van der Waals surface area contributed by atoms with Crippen molar-refractivity contribution in [2.45, 2.75) is 24.5 Å². The number of aliphatic imine (C=N–C) groups is 1. The van der Waals surface area contributed by atoms with Crippen molar-refractivity contribution in [3.8, 4) is 6.07 Å². The van der Waals surface area contributed by atoms with Crippen molar-refractivity contribution >= 4 is 5.90 Å². The first kappa shape index (κ1) is 8.49. The smallest absolute Gasteiger partial charge is 0.197 e. The van der Waals surface area contributed by atoms with E-state index >= 15 is 0 Å². The van der Waals surface area contributed by atoms with Gasteiger partial charge in [-0.1, -0.05) is 30.3 Å². The van der Waals surface area contributed by atoms with Gasteiger partial charge in [0, 0.05) is 6.92 Å². The van der Waals surface area contributed by atoms with Crippen LogP contribution in [0, 0.1) is 11.3 Å². The van der Waals surface area contributed by atoms with Gasteiger partial charge in [-0.2, -0.15) is 5.26 Å². The molecule has 0 aromatic heterocycles. The van der Waals surface area contributed by atoms with Crippen LogP contribution in [-0.2, 0) is 4.74 Å². The van der Waals surface area contributed by atoms with Crippen molar-refractivity contribution in [3.05, 3.63) is 35.9 Å². The Morgan fingerprint density at radius 1 is 1.40 bits per heavy atom. The van der Waals surface area contributed by atoms with Crippen LogP contribution in [0.5, 0.6) is 0 Å². The van der Waals surface area contributed by atoms with Crippen LogP contribution in [0.4, 0.5) is 0 Å². The fourth-order valence-corrected chi connectivity index (χ4v) is 2.35. The second kappa shape index (κ2) is 2.60. The Hall–Kier alpha value is -1.82. The van der Waals surface area contributed by atoms with Gasteiger partial charge >= 0.3 is 0 Å². The quantitative estimate of drug-likeness (QED) is 0.691. The van der Waals surface area contributed by atoms with Gasteiger partial charge in [0.2, 0.25) is 0 Å². The van der Waals surface area contributed by atoms with Gasteiger partial charge in [-0.05, 0) is 5.56 Å². The molecule has 0 bridgehead atoms. The third-order valence-electron chi connectivity index (χ3n) is 3.08. The van der Waals surface area contributed by atoms with E-state index in [-0.39, 0.29) is 12.0 Å². The van der Waals surface area contributed by atoms with Crippen molar-refractivity contribution < 1.29 is 4.74 Å². The van der Waals surface area contributed by atoms with Crippen LogP contribution < -0.4 is 0 Å². The summed E-state index contributed by atoms with van der Waals surface area (Å²) in [5.74, 6) is 0.751. The molecule has 3 heteroatoms. The Balaban J connectivity index is 1.99. The number of fused-ring (bicyclic) bond motifs is 1. The molecular weight excluding hydrogens is 188 g/mol. The topological polar surface area (TPSA) is 45.4 Å². The van der Waals surface area contributed by atoms with Gasteiger partial charge in [0.05, 0.1) is 12.0 Å². The molecule has 1 aliphatic carbocycles. The van der Waals surface area contributed by atoms with Crippen LogP contribution in [-0.4, -0.2) is 17.5 Å². The molecule has 1 heterocycles. The van der Waals surface area contributed by atoms with Crippen molar-refractivity contribution in [1.82, 2.24) is 0 Å². The van der Waals surface area contributed by atoms with Crippen LogP contribution in [0.15, 0.2) is 35.3 Å². The molecule has 3 atom stereocenters. The minimum Gasteiger partial charge on any atom is -0.473 e. The van der Waals surface area contributed by atoms with Crippen LogP contribution in [0.2, 0.25) is 0 Å². The van der Waals surface area contributed by atoms with Crippen molar-refractivity contribution in [1.29, 1.82) is 5.26 Å². The maximum Gasteiger partial charge on any atom is 0.197 e. The molecule has 15 heavy (non-hydrogen) atoms. The third-order valence-corrected chi connectivity index (χ3v) is 3.08. The first-order valence-electron chi connectivity index (χ1n) is 4.97. The molecule has 1 aromatic carbocycles. The Labute approximate surface area is 88.0 Å². The molecule has 3 rings (SSSR count). The van der Waals surface area contributed by atoms with E-state index in [1.165, 1.54) is 0 Å². The lowest BCUT2D eigenvalue weighted by molar-refractivity contribution is 0.290. The summed E-state index contributed by atoms with van der Waals surface area (Å²) in [5.41, 5.74) is 0.506. The minimum absolute atomic E-state index is 0.0649. The molecule has 0 unspecified atom stereocenters. The van der Waals surface area contributed by atoms with Crippen LogP contribution in [0.25, 0.3) is 0 Å². The molecule has 0 spiro atoms. The Morgan fingerprint density at radius 3 is 2.73 bits per heavy atom. The number of nitrogens with zero attached hydrogens (tertiary/aromatic N) is 2. The number of hydrogen-bond acceptors (Lipinski definition) is 3. The van der Waals surface area contributed by atoms with Crippen molar-refractivity contribution in [3.63, 3.8) is 0 Å². The van der Waals surface area contributed by atoms with E-state index in [9.17, 15) is 5.26 Å². The number of hydrogen-bond donors (Lipinski definition) is 0. The molecule has 74 valence electrons. The summed E-state index contributed by atoms with van der Waals surface area (Å²) in [6.07, 6.45) is -0.0649. The summed E-state index contributed by atoms with van der Waals surface area (Å²) in [4.78, 5) is 4.30. The fourth-order valence-electron chi connectivity index (χ4n) is 2.35. The van der Waals surface area contributed by atoms with E-state index in [0.29, 0.717) is 5.90 Å². The van der Waals surface area contributed by atoms with Gasteiger partial charge in [0.15, 0.2) is 11.4 Å². The Kier molecular flexibility index (Phi) is 1.47. The molecule has 0 amide bonds. The summed E-state index contributed by atoms with van der Waals surface area (Å²) in [5, 5.41) is 9.18. The first-order valence-corrected chi connectivity index (χ1v) is 4.97. The van der Waals surface area contributed by atoms with E-state index in [4.69, 9.17) is 4.74 Å². The van der Waals surface area contributed by atoms with Gasteiger partial charge in [-0.15, -0.1) is 0 Å². The zero-order valence-corrected chi connectivity index (χ0v) is 8.34. The lowest BCUT2D eigenvalue weighted by Crippen LogP contribution is -2.04. The standard InChI is InChI=1S/C12H10N2O/c1-8-14-12(7-13)10(11(12)15-8)9-5-3-2-4-6-9/h2-6,10-11H,1H3/t10-,11+,12-/m0/s1. The SMILES string of the molecule is CC1=N[C@]2(C#N)[C@H](O1)[C@@H]2c1ccccc1. The zero-order valence-electron chi connectivity index (χ0n) is 8.34. The highest BCUT2D eigenvalue weighted by Crippen LogP contribution is 2.59. The van der Waals surface area contributed by atoms with Crippen molar-refractivity contribution in [2.24, 2.45) is 4.99 Å². The maximum absolute atomic E-state index is 9.18. The van der Waals surface area contributed by atoms with Crippen LogP contribution in [0.3, 0.4) is 0 Å². The van der Waals surface area contributed by atoms with Crippen LogP contribution in [0.1, 0.15) is 18.4 Å². The highest BCUT2D eigenvalue weighted by molar-refractivity contribution is 5.80. The molecule has 0 radical (unpaired) electrons. The predicted molar refractivity (Wildman–Crippen MR) is 55.5 cm³/mol. The van der Waals surface area contributed by atoms with Gasteiger partial charge in [-0.3, -0.25) is 0 Å². The Bertz CT molecular complexity index is 474. The summed E-state index contributed by atoms with van der Waals surface area (Å²) < 4.78 is 5.52. The average molecular weight is 198 g/mol. The fraction of sp³-hybridized carbons (Fsp3) is 0.333. The highest BCUT2D eigenvalue weighted by Gasteiger charge is 2.72. The van der Waals surface area contributed by atoms with E-state index in [1.807, 2.05) is 30.3 Å². The largest absolute Gasteiger partial charge is 0.473 e. The second-order valence-corrected chi connectivity index (χ2v) is 3.99. The van der Waals surface area contributed by atoms with Gasteiger partial charge < -0.3 is 4.74 Å². The summed E-state index contributed by atoms with van der Waals surface area (Å²) in [6, 6.07) is 12.3. The summed E-state index contributed by atoms with van der Waals surface area (Å²) in [7, 11) is 0. The van der Waals surface area contributed by atoms with E-state index < -0.39 is 5.54 Å². The van der Waals surface area contributed by atoms with E-state index in [2.05, 4.69) is 11.1 Å². The average Bonchev–Trinajstić information content (AvgIpc) is 2.74. The molecule has 0 N–H and O–H groups in total. The highest BCUT2D eigenvalue weighted by atomic mass is 16.5. The number of ether oxygens (including phenoxy) is 1. The van der Waals surface area contributed by atoms with E-state index in [1.54, 1.807) is 6.92 Å². The number of nitriles is 1. The van der Waals surface area contributed by atoms with Gasteiger partial charge in [0.1, 0.15) is 6.10 Å². The molecule has 1 saturated carbocycles. The Morgan fingerprint density at radius 2 is 2.13 bits per heavy atom. The third kappa shape index (κ3) is 0.964. The summed E-state index contributed by atoms with van der Waals surface area (Å²) in [6.45, 7) is 1.80. The first-order chi connectivity index (χ1) is 7.28. The molecule has 0 saturated heterocycles. The molecule has 2 aliphatic rings. The monoisotopic (exact) mass is 198 g/mol. The van der Waals surface area contributed by atoms with Crippen LogP contribution >= 0.6 is 0 Å². The second-order valence-electron chi connectivity index (χ2n) is 3.99. The molecule has 3 nitrogen and oxygen atoms in total. The maximum atomic E-state index is 9.18. The molecule has 1 fully saturated rings. The van der Waals surface area contributed by atoms with Gasteiger partial charge in [0.25, 0.3) is 0 Å². The number of benzene rings is 1. The lowest BCUT2D eigenvalue weighted by Gasteiger charge is -2.03. The lowest BCUT2D eigenvalue weighted by atomic mass is 10.1. The van der Waals surface area contributed by atoms with Gasteiger partial charge in [-0.25, -0.2) is 4.99 Å².